The number of nitrogens with zero attached hydrogens (tertiary/aromatic N) is 2. The lowest BCUT2D eigenvalue weighted by Crippen LogP contribution is -2.45. The Morgan fingerprint density at radius 1 is 1.00 bits per heavy atom. The molecule has 1 aliphatic rings. The molecule has 0 amide bonds. The van der Waals surface area contributed by atoms with Gasteiger partial charge in [-0.2, -0.15) is 0 Å². The van der Waals surface area contributed by atoms with Crippen LogP contribution in [0.1, 0.15) is 18.1 Å². The molecule has 2 heterocycles. The SMILES string of the molecule is CCOc1ccc2oc(=O)cc(CN3CCN(Cc4ccc(F)cc4Cl)CC3)c2c1. The molecule has 5 nitrogen and oxygen atoms in total. The Morgan fingerprint density at radius 2 is 1.70 bits per heavy atom. The fraction of sp³-hybridized carbons (Fsp3) is 0.348. The molecule has 0 radical (unpaired) electrons. The third-order valence-corrected chi connectivity index (χ3v) is 5.73. The molecular formula is C23H24ClFN2O3. The maximum Gasteiger partial charge on any atom is 0.336 e. The van der Waals surface area contributed by atoms with Crippen LogP contribution in [0.15, 0.2) is 51.7 Å². The van der Waals surface area contributed by atoms with E-state index >= 15 is 0 Å². The summed E-state index contributed by atoms with van der Waals surface area (Å²) >= 11 is 6.16. The molecule has 0 saturated carbocycles. The van der Waals surface area contributed by atoms with Crippen molar-refractivity contribution in [3.05, 3.63) is 74.9 Å². The number of ether oxygens (including phenoxy) is 1. The fourth-order valence-corrected chi connectivity index (χ4v) is 4.06. The van der Waals surface area contributed by atoms with Crippen molar-refractivity contribution in [3.8, 4) is 5.75 Å². The fourth-order valence-electron chi connectivity index (χ4n) is 3.83. The van der Waals surface area contributed by atoms with Crippen LogP contribution in [0.5, 0.6) is 5.75 Å². The molecule has 158 valence electrons. The van der Waals surface area contributed by atoms with E-state index in [1.807, 2.05) is 19.1 Å². The first kappa shape index (κ1) is 20.8. The van der Waals surface area contributed by atoms with Crippen molar-refractivity contribution in [2.75, 3.05) is 32.8 Å². The van der Waals surface area contributed by atoms with Gasteiger partial charge in [0.2, 0.25) is 0 Å². The van der Waals surface area contributed by atoms with Gasteiger partial charge in [0.25, 0.3) is 0 Å². The van der Waals surface area contributed by atoms with Gasteiger partial charge in [0, 0.05) is 55.7 Å². The third kappa shape index (κ3) is 4.83. The number of hydrogen-bond acceptors (Lipinski definition) is 5. The number of piperazine rings is 1. The Hall–Kier alpha value is -2.41. The van der Waals surface area contributed by atoms with E-state index in [-0.39, 0.29) is 11.4 Å². The minimum atomic E-state index is -0.341. The van der Waals surface area contributed by atoms with Crippen molar-refractivity contribution < 1.29 is 13.5 Å². The summed E-state index contributed by atoms with van der Waals surface area (Å²) in [6.45, 7) is 7.36. The van der Waals surface area contributed by atoms with E-state index in [1.165, 1.54) is 12.1 Å². The van der Waals surface area contributed by atoms with Crippen LogP contribution in [0.2, 0.25) is 5.02 Å². The Balaban J connectivity index is 1.44. The number of rotatable bonds is 6. The van der Waals surface area contributed by atoms with Crippen LogP contribution in [0.3, 0.4) is 0 Å². The number of halogens is 2. The minimum Gasteiger partial charge on any atom is -0.494 e. The summed E-state index contributed by atoms with van der Waals surface area (Å²) in [5.41, 5.74) is 2.11. The largest absolute Gasteiger partial charge is 0.494 e. The monoisotopic (exact) mass is 430 g/mol. The molecule has 7 heteroatoms. The van der Waals surface area contributed by atoms with Gasteiger partial charge in [0.15, 0.2) is 0 Å². The first-order valence-electron chi connectivity index (χ1n) is 10.1. The number of benzene rings is 2. The summed E-state index contributed by atoms with van der Waals surface area (Å²) in [7, 11) is 0. The van der Waals surface area contributed by atoms with Gasteiger partial charge < -0.3 is 9.15 Å². The van der Waals surface area contributed by atoms with Crippen LogP contribution < -0.4 is 10.4 Å². The molecule has 0 spiro atoms. The Kier molecular flexibility index (Phi) is 6.37. The van der Waals surface area contributed by atoms with E-state index in [9.17, 15) is 9.18 Å². The molecule has 1 saturated heterocycles. The van der Waals surface area contributed by atoms with Gasteiger partial charge in [-0.25, -0.2) is 9.18 Å². The highest BCUT2D eigenvalue weighted by atomic mass is 35.5. The summed E-state index contributed by atoms with van der Waals surface area (Å²) < 4.78 is 24.2. The van der Waals surface area contributed by atoms with E-state index in [1.54, 1.807) is 18.2 Å². The predicted octanol–water partition coefficient (Wildman–Crippen LogP) is 4.30. The second kappa shape index (κ2) is 9.16. The van der Waals surface area contributed by atoms with Crippen LogP contribution in [0, 0.1) is 5.82 Å². The second-order valence-corrected chi connectivity index (χ2v) is 7.88. The van der Waals surface area contributed by atoms with E-state index in [0.717, 1.165) is 48.4 Å². The summed E-state index contributed by atoms with van der Waals surface area (Å²) in [6.07, 6.45) is 0. The molecule has 0 N–H and O–H groups in total. The molecule has 4 rings (SSSR count). The highest BCUT2D eigenvalue weighted by Crippen LogP contribution is 2.25. The molecule has 1 aromatic heterocycles. The van der Waals surface area contributed by atoms with Crippen molar-refractivity contribution in [1.82, 2.24) is 9.80 Å². The lowest BCUT2D eigenvalue weighted by molar-refractivity contribution is 0.122. The molecule has 2 aromatic carbocycles. The van der Waals surface area contributed by atoms with Gasteiger partial charge in [0.05, 0.1) is 6.61 Å². The second-order valence-electron chi connectivity index (χ2n) is 7.47. The highest BCUT2D eigenvalue weighted by Gasteiger charge is 2.19. The topological polar surface area (TPSA) is 45.9 Å². The van der Waals surface area contributed by atoms with Crippen molar-refractivity contribution in [2.24, 2.45) is 0 Å². The van der Waals surface area contributed by atoms with E-state index < -0.39 is 0 Å². The van der Waals surface area contributed by atoms with Gasteiger partial charge in [-0.05, 0) is 48.4 Å². The molecular weight excluding hydrogens is 407 g/mol. The van der Waals surface area contributed by atoms with Gasteiger partial charge in [-0.1, -0.05) is 17.7 Å². The molecule has 1 aliphatic heterocycles. The van der Waals surface area contributed by atoms with Crippen LogP contribution >= 0.6 is 11.6 Å². The van der Waals surface area contributed by atoms with Crippen LogP contribution in [0.25, 0.3) is 11.0 Å². The first-order valence-corrected chi connectivity index (χ1v) is 10.5. The van der Waals surface area contributed by atoms with E-state index in [4.69, 9.17) is 20.8 Å². The molecule has 0 atom stereocenters. The zero-order valence-corrected chi connectivity index (χ0v) is 17.6. The molecule has 3 aromatic rings. The highest BCUT2D eigenvalue weighted by molar-refractivity contribution is 6.31. The number of fused-ring (bicyclic) bond motifs is 1. The normalized spacial score (nSPS) is 15.6. The quantitative estimate of drug-likeness (QED) is 0.545. The molecule has 0 aliphatic carbocycles. The van der Waals surface area contributed by atoms with Gasteiger partial charge >= 0.3 is 5.63 Å². The summed E-state index contributed by atoms with van der Waals surface area (Å²) in [5, 5.41) is 1.37. The van der Waals surface area contributed by atoms with E-state index in [2.05, 4.69) is 9.80 Å². The summed E-state index contributed by atoms with van der Waals surface area (Å²) in [6, 6.07) is 11.7. The Labute approximate surface area is 179 Å². The Bertz CT molecular complexity index is 1090. The minimum absolute atomic E-state index is 0.319. The zero-order chi connectivity index (χ0) is 21.1. The van der Waals surface area contributed by atoms with Gasteiger partial charge in [-0.3, -0.25) is 9.80 Å². The predicted molar refractivity (Wildman–Crippen MR) is 116 cm³/mol. The van der Waals surface area contributed by atoms with Crippen molar-refractivity contribution in [2.45, 2.75) is 20.0 Å². The third-order valence-electron chi connectivity index (χ3n) is 5.38. The standard InChI is InChI=1S/C23H24ClFN2O3/c1-2-29-19-5-6-22-20(13-19)17(11-23(28)30-22)15-27-9-7-26(8-10-27)14-16-3-4-18(25)12-21(16)24/h3-6,11-13H,2,7-10,14-15H2,1H3. The lowest BCUT2D eigenvalue weighted by Gasteiger charge is -2.35. The smallest absolute Gasteiger partial charge is 0.336 e. The van der Waals surface area contributed by atoms with Crippen molar-refractivity contribution >= 4 is 22.6 Å². The molecule has 0 bridgehead atoms. The molecule has 0 unspecified atom stereocenters. The first-order chi connectivity index (χ1) is 14.5. The van der Waals surface area contributed by atoms with E-state index in [0.29, 0.717) is 30.3 Å². The Morgan fingerprint density at radius 3 is 2.37 bits per heavy atom. The average molecular weight is 431 g/mol. The van der Waals surface area contributed by atoms with Gasteiger partial charge in [-0.15, -0.1) is 0 Å². The van der Waals surface area contributed by atoms with Crippen LogP contribution in [-0.4, -0.2) is 42.6 Å². The van der Waals surface area contributed by atoms with Crippen molar-refractivity contribution in [1.29, 1.82) is 0 Å². The molecule has 1 fully saturated rings. The van der Waals surface area contributed by atoms with Crippen LogP contribution in [-0.2, 0) is 13.1 Å². The maximum atomic E-state index is 13.3. The maximum absolute atomic E-state index is 13.3. The average Bonchev–Trinajstić information content (AvgIpc) is 2.72. The summed E-state index contributed by atoms with van der Waals surface area (Å²) in [4.78, 5) is 16.6. The summed E-state index contributed by atoms with van der Waals surface area (Å²) in [5.74, 6) is 0.446. The van der Waals surface area contributed by atoms with Crippen LogP contribution in [0.4, 0.5) is 4.39 Å². The van der Waals surface area contributed by atoms with Crippen molar-refractivity contribution in [3.63, 3.8) is 0 Å². The zero-order valence-electron chi connectivity index (χ0n) is 16.9. The molecule has 30 heavy (non-hydrogen) atoms. The lowest BCUT2D eigenvalue weighted by atomic mass is 10.1. The van der Waals surface area contributed by atoms with Gasteiger partial charge in [0.1, 0.15) is 17.1 Å². The number of hydrogen-bond donors (Lipinski definition) is 0.